The van der Waals surface area contributed by atoms with E-state index >= 15 is 0 Å². The maximum atomic E-state index is 13.3. The van der Waals surface area contributed by atoms with Gasteiger partial charge in [0.15, 0.2) is 25.1 Å². The predicted molar refractivity (Wildman–Crippen MR) is 320 cm³/mol. The minimum atomic E-state index is -1.58. The summed E-state index contributed by atoms with van der Waals surface area (Å²) in [5.74, 6) is -3.59. The number of carboxylic acid groups (broad SMARTS) is 4. The number of unbranched alkanes of at least 4 members (excludes halogenated alkanes) is 8. The minimum Gasteiger partial charge on any atom is -0.550 e. The topological polar surface area (TPSA) is 358 Å². The summed E-state index contributed by atoms with van der Waals surface area (Å²) in [6.45, 7) is 35.0. The van der Waals surface area contributed by atoms with Gasteiger partial charge in [0.05, 0.1) is 0 Å². The van der Waals surface area contributed by atoms with E-state index < -0.39 is 59.1 Å². The number of carbonyl (C=O) groups excluding carboxylic acids is 8. The third kappa shape index (κ3) is 27.8. The number of piperidine rings is 4. The number of carbonyl (C=O) groups is 8. The van der Waals surface area contributed by atoms with E-state index in [1.807, 2.05) is 0 Å². The van der Waals surface area contributed by atoms with E-state index in [9.17, 15) is 58.8 Å². The molecule has 0 aromatic heterocycles. The standard InChI is InChI=1S/2C28H52N2O4.2C4H6O4.Sn/c2*1-24(2)16-20(17-25(3,4)29-24)28(23(33)34,15-13-11-9-10-12-14-22(31)32)21-18-26(5,6)30-27(7,8)19-21;2*5-1-3(7)4(8)2-6;/h2*20-21,29-30H,9-19H2,1-8H3,(H,31,32)(H,33,34);2*1-4,7-8H;/q;;;;+4/p-4. The summed E-state index contributed by atoms with van der Waals surface area (Å²) in [7, 11) is 0. The zero-order valence-corrected chi connectivity index (χ0v) is 57.5. The number of aliphatic hydroxyl groups excluding tert-OH is 4. The molecule has 4 fully saturated rings. The third-order valence-electron chi connectivity index (χ3n) is 17.6. The third-order valence-corrected chi connectivity index (χ3v) is 17.6. The van der Waals surface area contributed by atoms with Crippen LogP contribution in [0.15, 0.2) is 0 Å². The van der Waals surface area contributed by atoms with Gasteiger partial charge < -0.3 is 100 Å². The monoisotopic (exact) mass is 1310 g/mol. The molecule has 0 bridgehead atoms. The molecule has 0 amide bonds. The van der Waals surface area contributed by atoms with Crippen LogP contribution in [0, 0.1) is 34.5 Å². The fourth-order valence-corrected chi connectivity index (χ4v) is 15.9. The Kier molecular flexibility index (Phi) is 33.1. The van der Waals surface area contributed by atoms with Gasteiger partial charge in [-0.05, 0) is 224 Å². The van der Waals surface area contributed by atoms with E-state index in [-0.39, 0.29) is 130 Å². The van der Waals surface area contributed by atoms with Crippen molar-refractivity contribution >= 4 is 72.9 Å². The number of aldehydes is 4. The first-order chi connectivity index (χ1) is 38.2. The van der Waals surface area contributed by atoms with Crippen molar-refractivity contribution in [1.29, 1.82) is 0 Å². The Labute approximate surface area is 526 Å². The minimum absolute atomic E-state index is 0. The fraction of sp³-hybridized carbons (Fsp3) is 0.875. The molecule has 4 atom stereocenters. The summed E-state index contributed by atoms with van der Waals surface area (Å²) in [5, 5.41) is 95.9. The van der Waals surface area contributed by atoms with Crippen LogP contribution in [-0.2, 0) is 38.4 Å². The summed E-state index contributed by atoms with van der Waals surface area (Å²) in [6, 6.07) is 0. The second kappa shape index (κ2) is 34.3. The van der Waals surface area contributed by atoms with Gasteiger partial charge in [-0.15, -0.1) is 0 Å². The quantitative estimate of drug-likeness (QED) is 0.0317. The fourth-order valence-electron chi connectivity index (χ4n) is 15.9. The normalized spacial score (nSPS) is 22.8. The summed E-state index contributed by atoms with van der Waals surface area (Å²) >= 11 is 0. The summed E-state index contributed by atoms with van der Waals surface area (Å²) in [5.41, 5.74) is -2.90. The molecule has 4 aliphatic rings. The van der Waals surface area contributed by atoms with Gasteiger partial charge in [0.1, 0.15) is 24.4 Å². The molecule has 20 nitrogen and oxygen atoms in total. The van der Waals surface area contributed by atoms with Crippen LogP contribution in [-0.4, -0.2) is 162 Å². The van der Waals surface area contributed by atoms with Crippen molar-refractivity contribution in [2.75, 3.05) is 0 Å². The molecule has 4 heterocycles. The Morgan fingerprint density at radius 3 is 0.682 bits per heavy atom. The molecule has 4 aliphatic heterocycles. The maximum absolute atomic E-state index is 13.3. The van der Waals surface area contributed by atoms with E-state index in [0.29, 0.717) is 25.7 Å². The van der Waals surface area contributed by atoms with Crippen molar-refractivity contribution in [1.82, 2.24) is 21.3 Å². The van der Waals surface area contributed by atoms with E-state index in [1.54, 1.807) is 0 Å². The molecular weight excluding hydrogens is 1200 g/mol. The van der Waals surface area contributed by atoms with Crippen LogP contribution < -0.4 is 41.7 Å². The molecule has 0 aromatic rings. The van der Waals surface area contributed by atoms with Crippen molar-refractivity contribution in [3.05, 3.63) is 0 Å². The summed E-state index contributed by atoms with van der Waals surface area (Å²) < 4.78 is 0. The average molecular weight is 1310 g/mol. The Hall–Kier alpha value is -2.96. The predicted octanol–water partition coefficient (Wildman–Crippen LogP) is 2.46. The Bertz CT molecular complexity index is 1820. The molecule has 0 aromatic carbocycles. The Balaban J connectivity index is 0.00000131. The molecule has 4 rings (SSSR count). The molecular formula is C64H112N4O16Sn. The number of rotatable bonds is 28. The zero-order valence-electron chi connectivity index (χ0n) is 54.7. The van der Waals surface area contributed by atoms with Crippen molar-refractivity contribution in [2.45, 2.75) is 321 Å². The van der Waals surface area contributed by atoms with Gasteiger partial charge in [-0.25, -0.2) is 0 Å². The van der Waals surface area contributed by atoms with Gasteiger partial charge in [0, 0.05) is 79.0 Å². The SMILES string of the molecule is CC1(C)CC(C(CCCCCCCC(=O)[O-])(C(=O)[O-])C2CC(C)(C)NC(C)(C)C2)CC(C)(C)N1.CC1(C)CC(C(CCCCCCCC(=O)[O-])(C(=O)[O-])C2CC(C)(C)NC(C)(C)C2)CC(C)(C)N1.O=CC(O)C(O)C=O.O=CC(O)C(O)C=O.[Sn+4]. The first-order valence-electron chi connectivity index (χ1n) is 30.8. The van der Waals surface area contributed by atoms with E-state index in [2.05, 4.69) is 132 Å². The molecule has 0 spiro atoms. The van der Waals surface area contributed by atoms with Crippen molar-refractivity contribution in [3.8, 4) is 0 Å². The molecule has 4 unspecified atom stereocenters. The first-order valence-corrected chi connectivity index (χ1v) is 30.8. The number of nitrogens with one attached hydrogen (secondary N) is 4. The van der Waals surface area contributed by atoms with Gasteiger partial charge in [-0.1, -0.05) is 51.4 Å². The molecule has 4 saturated heterocycles. The number of aliphatic hydroxyl groups is 4. The van der Waals surface area contributed by atoms with E-state index in [4.69, 9.17) is 20.4 Å². The van der Waals surface area contributed by atoms with Gasteiger partial charge >= 0.3 is 23.9 Å². The molecule has 85 heavy (non-hydrogen) atoms. The number of hydrogen-bond donors (Lipinski definition) is 8. The Morgan fingerprint density at radius 2 is 0.529 bits per heavy atom. The van der Waals surface area contributed by atoms with Crippen LogP contribution in [0.3, 0.4) is 0 Å². The van der Waals surface area contributed by atoms with Crippen LogP contribution in [0.5, 0.6) is 0 Å². The van der Waals surface area contributed by atoms with Gasteiger partial charge in [-0.2, -0.15) is 0 Å². The van der Waals surface area contributed by atoms with E-state index in [1.165, 1.54) is 0 Å². The van der Waals surface area contributed by atoms with Gasteiger partial charge in [0.25, 0.3) is 0 Å². The smallest absolute Gasteiger partial charge is 0.550 e. The molecule has 8 N–H and O–H groups in total. The van der Waals surface area contributed by atoms with Crippen molar-refractivity contribution in [3.63, 3.8) is 0 Å². The molecule has 21 heteroatoms. The second-order valence-electron chi connectivity index (χ2n) is 30.4. The molecule has 0 aliphatic carbocycles. The number of aliphatic carboxylic acids is 4. The first kappa shape index (κ1) is 82.0. The largest absolute Gasteiger partial charge is 4.00 e. The van der Waals surface area contributed by atoms with Gasteiger partial charge in [-0.3, -0.25) is 0 Å². The number of carboxylic acids is 4. The summed E-state index contributed by atoms with van der Waals surface area (Å²) in [4.78, 5) is 86.0. The van der Waals surface area contributed by atoms with Crippen LogP contribution in [0.25, 0.3) is 0 Å². The van der Waals surface area contributed by atoms with Crippen LogP contribution in [0.1, 0.15) is 252 Å². The molecule has 0 saturated carbocycles. The average Bonchev–Trinajstić information content (AvgIpc) is 1.87. The van der Waals surface area contributed by atoms with Crippen molar-refractivity contribution in [2.24, 2.45) is 34.5 Å². The Morgan fingerprint density at radius 1 is 0.365 bits per heavy atom. The number of hydrogen-bond acceptors (Lipinski definition) is 20. The molecule has 0 radical (unpaired) electrons. The maximum Gasteiger partial charge on any atom is 4.00 e. The van der Waals surface area contributed by atoms with Crippen LogP contribution in [0.4, 0.5) is 0 Å². The second-order valence-corrected chi connectivity index (χ2v) is 30.4. The summed E-state index contributed by atoms with van der Waals surface area (Å²) in [6.07, 6.45) is 10.4. The van der Waals surface area contributed by atoms with Crippen LogP contribution in [0.2, 0.25) is 0 Å². The zero-order chi connectivity index (χ0) is 65.1. The molecule has 488 valence electrons. The van der Waals surface area contributed by atoms with E-state index in [0.717, 1.165) is 103 Å². The van der Waals surface area contributed by atoms with Crippen LogP contribution >= 0.6 is 0 Å². The van der Waals surface area contributed by atoms with Crippen molar-refractivity contribution < 1.29 is 79.2 Å². The van der Waals surface area contributed by atoms with Gasteiger partial charge in [0.2, 0.25) is 0 Å².